The summed E-state index contributed by atoms with van der Waals surface area (Å²) in [7, 11) is 0. The van der Waals surface area contributed by atoms with E-state index in [-0.39, 0.29) is 18.0 Å². The number of nitro benzene ring substituents is 1. The van der Waals surface area contributed by atoms with Gasteiger partial charge in [0.05, 0.1) is 11.5 Å². The largest absolute Gasteiger partial charge is 0.506 e. The number of aromatic nitrogens is 1. The lowest BCUT2D eigenvalue weighted by atomic mass is 10.2. The summed E-state index contributed by atoms with van der Waals surface area (Å²) in [4.78, 5) is 14.7. The van der Waals surface area contributed by atoms with E-state index in [9.17, 15) is 15.2 Å². The maximum atomic E-state index is 11.0. The van der Waals surface area contributed by atoms with Crippen molar-refractivity contribution < 1.29 is 10.0 Å². The fourth-order valence-electron chi connectivity index (χ4n) is 1.72. The van der Waals surface area contributed by atoms with E-state index in [0.29, 0.717) is 15.9 Å². The van der Waals surface area contributed by atoms with Crippen LogP contribution >= 0.6 is 15.9 Å². The molecule has 20 heavy (non-hydrogen) atoms. The molecule has 104 valence electrons. The van der Waals surface area contributed by atoms with Gasteiger partial charge in [-0.3, -0.25) is 15.1 Å². The summed E-state index contributed by atoms with van der Waals surface area (Å²) in [6.07, 6.45) is 0. The molecule has 2 rings (SSSR count). The van der Waals surface area contributed by atoms with Crippen molar-refractivity contribution in [1.82, 2.24) is 4.98 Å². The molecular formula is C13H12BrN3O3. The molecule has 0 fully saturated rings. The van der Waals surface area contributed by atoms with Gasteiger partial charge in [-0.1, -0.05) is 15.9 Å². The Balaban J connectivity index is 2.23. The molecule has 0 saturated heterocycles. The van der Waals surface area contributed by atoms with E-state index in [2.05, 4.69) is 26.2 Å². The first kappa shape index (κ1) is 14.3. The minimum atomic E-state index is -0.462. The number of nitro groups is 1. The van der Waals surface area contributed by atoms with Crippen LogP contribution in [0, 0.1) is 17.0 Å². The van der Waals surface area contributed by atoms with Crippen molar-refractivity contribution >= 4 is 27.3 Å². The maximum absolute atomic E-state index is 11.0. The number of anilines is 1. The topological polar surface area (TPSA) is 88.3 Å². The minimum absolute atomic E-state index is 0.0356. The normalized spacial score (nSPS) is 10.3. The van der Waals surface area contributed by atoms with Crippen LogP contribution in [-0.4, -0.2) is 15.0 Å². The van der Waals surface area contributed by atoms with Gasteiger partial charge in [0.2, 0.25) is 0 Å². The van der Waals surface area contributed by atoms with Crippen molar-refractivity contribution in [1.29, 1.82) is 0 Å². The number of hydrogen-bond acceptors (Lipinski definition) is 5. The highest BCUT2D eigenvalue weighted by Gasteiger charge is 2.14. The molecule has 0 atom stereocenters. The second kappa shape index (κ2) is 5.87. The van der Waals surface area contributed by atoms with Crippen LogP contribution in [-0.2, 0) is 6.54 Å². The Kier molecular flexibility index (Phi) is 4.19. The molecule has 0 aliphatic rings. The zero-order valence-corrected chi connectivity index (χ0v) is 12.2. The van der Waals surface area contributed by atoms with Crippen LogP contribution in [0.15, 0.2) is 34.8 Å². The second-order valence-electron chi connectivity index (χ2n) is 4.19. The highest BCUT2D eigenvalue weighted by atomic mass is 79.9. The number of pyridine rings is 1. The van der Waals surface area contributed by atoms with Crippen molar-refractivity contribution in [2.75, 3.05) is 5.32 Å². The Morgan fingerprint density at radius 1 is 1.40 bits per heavy atom. The average molecular weight is 338 g/mol. The molecule has 1 heterocycles. The van der Waals surface area contributed by atoms with Crippen LogP contribution in [0.1, 0.15) is 11.4 Å². The van der Waals surface area contributed by atoms with Gasteiger partial charge in [-0.15, -0.1) is 0 Å². The van der Waals surface area contributed by atoms with Crippen molar-refractivity contribution in [3.8, 4) is 5.75 Å². The number of hydrogen-bond donors (Lipinski definition) is 2. The molecule has 0 amide bonds. The van der Waals surface area contributed by atoms with E-state index in [1.807, 2.05) is 6.92 Å². The molecule has 0 unspecified atom stereocenters. The first-order chi connectivity index (χ1) is 9.47. The van der Waals surface area contributed by atoms with Gasteiger partial charge < -0.3 is 10.4 Å². The third-order valence-electron chi connectivity index (χ3n) is 2.69. The zero-order valence-electron chi connectivity index (χ0n) is 10.6. The van der Waals surface area contributed by atoms with Gasteiger partial charge in [0, 0.05) is 16.2 Å². The maximum Gasteiger partial charge on any atom is 0.293 e. The Bertz CT molecular complexity index is 661. The highest BCUT2D eigenvalue weighted by Crippen LogP contribution is 2.28. The Morgan fingerprint density at radius 2 is 2.15 bits per heavy atom. The first-order valence-corrected chi connectivity index (χ1v) is 6.60. The SMILES string of the molecule is Cc1ccc(O)c(CNc2ccc(Br)cc2[N+](=O)[O-])n1. The number of halogens is 1. The standard InChI is InChI=1S/C13H12BrN3O3/c1-8-2-5-13(18)11(16-8)7-15-10-4-3-9(14)6-12(10)17(19)20/h2-6,15,18H,7H2,1H3. The van der Waals surface area contributed by atoms with Gasteiger partial charge in [-0.2, -0.15) is 0 Å². The van der Waals surface area contributed by atoms with Crippen LogP contribution in [0.25, 0.3) is 0 Å². The van der Waals surface area contributed by atoms with Crippen LogP contribution in [0.2, 0.25) is 0 Å². The predicted octanol–water partition coefficient (Wildman–Crippen LogP) is 3.38. The smallest absolute Gasteiger partial charge is 0.293 e. The summed E-state index contributed by atoms with van der Waals surface area (Å²) in [6, 6.07) is 7.98. The first-order valence-electron chi connectivity index (χ1n) is 5.80. The average Bonchev–Trinajstić information content (AvgIpc) is 2.40. The monoisotopic (exact) mass is 337 g/mol. The molecule has 7 heteroatoms. The summed E-state index contributed by atoms with van der Waals surface area (Å²) in [5.41, 5.74) is 1.56. The summed E-state index contributed by atoms with van der Waals surface area (Å²) in [6.45, 7) is 2.01. The molecule has 6 nitrogen and oxygen atoms in total. The summed E-state index contributed by atoms with van der Waals surface area (Å²) in [5.74, 6) is 0.0582. The van der Waals surface area contributed by atoms with Crippen molar-refractivity contribution in [3.05, 3.63) is 56.3 Å². The van der Waals surface area contributed by atoms with E-state index in [0.717, 1.165) is 5.69 Å². The lowest BCUT2D eigenvalue weighted by molar-refractivity contribution is -0.384. The van der Waals surface area contributed by atoms with Crippen molar-refractivity contribution in [2.24, 2.45) is 0 Å². The van der Waals surface area contributed by atoms with Gasteiger partial charge in [0.1, 0.15) is 17.1 Å². The Labute approximate surface area is 123 Å². The Morgan fingerprint density at radius 3 is 2.85 bits per heavy atom. The molecule has 0 aliphatic heterocycles. The summed E-state index contributed by atoms with van der Waals surface area (Å²) in [5, 5.41) is 23.6. The number of aromatic hydroxyl groups is 1. The minimum Gasteiger partial charge on any atom is -0.506 e. The van der Waals surface area contributed by atoms with Gasteiger partial charge in [0.25, 0.3) is 5.69 Å². The molecular weight excluding hydrogens is 326 g/mol. The zero-order chi connectivity index (χ0) is 14.7. The fourth-order valence-corrected chi connectivity index (χ4v) is 2.07. The van der Waals surface area contributed by atoms with Crippen LogP contribution < -0.4 is 5.32 Å². The predicted molar refractivity (Wildman–Crippen MR) is 78.8 cm³/mol. The third kappa shape index (κ3) is 3.24. The fraction of sp³-hybridized carbons (Fsp3) is 0.154. The third-order valence-corrected chi connectivity index (χ3v) is 3.19. The molecule has 2 aromatic rings. The summed E-state index contributed by atoms with van der Waals surface area (Å²) < 4.78 is 0.631. The Hall–Kier alpha value is -2.15. The summed E-state index contributed by atoms with van der Waals surface area (Å²) >= 11 is 3.20. The number of benzene rings is 1. The number of rotatable bonds is 4. The number of nitrogens with zero attached hydrogens (tertiary/aromatic N) is 2. The van der Waals surface area contributed by atoms with Crippen molar-refractivity contribution in [3.63, 3.8) is 0 Å². The van der Waals surface area contributed by atoms with Gasteiger partial charge >= 0.3 is 0 Å². The molecule has 0 spiro atoms. The van der Waals surface area contributed by atoms with Crippen LogP contribution in [0.5, 0.6) is 5.75 Å². The van der Waals surface area contributed by atoms with Crippen LogP contribution in [0.4, 0.5) is 11.4 Å². The molecule has 0 radical (unpaired) electrons. The quantitative estimate of drug-likeness (QED) is 0.659. The van der Waals surface area contributed by atoms with E-state index < -0.39 is 4.92 Å². The lowest BCUT2D eigenvalue weighted by Crippen LogP contribution is -2.05. The molecule has 1 aromatic carbocycles. The van der Waals surface area contributed by atoms with Gasteiger partial charge in [0.15, 0.2) is 0 Å². The van der Waals surface area contributed by atoms with Crippen LogP contribution in [0.3, 0.4) is 0 Å². The van der Waals surface area contributed by atoms with E-state index in [4.69, 9.17) is 0 Å². The van der Waals surface area contributed by atoms with Gasteiger partial charge in [-0.25, -0.2) is 0 Å². The molecule has 2 N–H and O–H groups in total. The molecule has 0 bridgehead atoms. The lowest BCUT2D eigenvalue weighted by Gasteiger charge is -2.09. The van der Waals surface area contributed by atoms with E-state index in [1.54, 1.807) is 24.3 Å². The highest BCUT2D eigenvalue weighted by molar-refractivity contribution is 9.10. The van der Waals surface area contributed by atoms with Crippen molar-refractivity contribution in [2.45, 2.75) is 13.5 Å². The molecule has 0 aliphatic carbocycles. The van der Waals surface area contributed by atoms with Gasteiger partial charge in [-0.05, 0) is 31.2 Å². The molecule has 1 aromatic heterocycles. The van der Waals surface area contributed by atoms with E-state index >= 15 is 0 Å². The number of aryl methyl sites for hydroxylation is 1. The molecule has 0 saturated carbocycles. The number of nitrogens with one attached hydrogen (secondary N) is 1. The second-order valence-corrected chi connectivity index (χ2v) is 5.11. The van der Waals surface area contributed by atoms with E-state index in [1.165, 1.54) is 6.07 Å².